The summed E-state index contributed by atoms with van der Waals surface area (Å²) in [4.78, 5) is 25.1. The quantitative estimate of drug-likeness (QED) is 0.679. The smallest absolute Gasteiger partial charge is 0.272 e. The molecule has 0 unspecified atom stereocenters. The fourth-order valence-electron chi connectivity index (χ4n) is 2.72. The van der Waals surface area contributed by atoms with Gasteiger partial charge in [0, 0.05) is 31.9 Å². The average molecular weight is 346 g/mol. The Kier molecular flexibility index (Phi) is 5.59. The Labute approximate surface area is 153 Å². The molecule has 0 saturated carbocycles. The monoisotopic (exact) mass is 346 g/mol. The zero-order valence-electron chi connectivity index (χ0n) is 15.0. The van der Waals surface area contributed by atoms with Gasteiger partial charge in [-0.25, -0.2) is 9.97 Å². The fourth-order valence-corrected chi connectivity index (χ4v) is 2.72. The summed E-state index contributed by atoms with van der Waals surface area (Å²) >= 11 is 0. The second kappa shape index (κ2) is 8.25. The van der Waals surface area contributed by atoms with Crippen LogP contribution in [0.4, 0.5) is 11.5 Å². The first-order chi connectivity index (χ1) is 12.7. The summed E-state index contributed by atoms with van der Waals surface area (Å²) in [6.07, 6.45) is 1.44. The van der Waals surface area contributed by atoms with Crippen molar-refractivity contribution in [3.63, 3.8) is 0 Å². The number of aromatic nitrogens is 2. The topological polar surface area (TPSA) is 49.3 Å². The Hall–Kier alpha value is -3.21. The molecule has 1 heterocycles. The predicted molar refractivity (Wildman–Crippen MR) is 103 cm³/mol. The largest absolute Gasteiger partial charge is 0.333 e. The highest BCUT2D eigenvalue weighted by Crippen LogP contribution is 2.21. The molecule has 0 atom stereocenters. The molecule has 0 aliphatic carbocycles. The second-order valence-electron chi connectivity index (χ2n) is 5.96. The zero-order chi connectivity index (χ0) is 18.4. The van der Waals surface area contributed by atoms with E-state index in [1.54, 1.807) is 11.0 Å². The van der Waals surface area contributed by atoms with E-state index in [-0.39, 0.29) is 5.91 Å². The number of carbonyl (C=O) groups excluding carboxylic acids is 1. The summed E-state index contributed by atoms with van der Waals surface area (Å²) < 4.78 is 0. The van der Waals surface area contributed by atoms with Crippen molar-refractivity contribution in [1.29, 1.82) is 0 Å². The third-order valence-corrected chi connectivity index (χ3v) is 4.24. The van der Waals surface area contributed by atoms with Crippen LogP contribution in [-0.4, -0.2) is 34.4 Å². The van der Waals surface area contributed by atoms with Gasteiger partial charge in [-0.3, -0.25) is 4.79 Å². The number of amides is 1. The number of rotatable bonds is 6. The lowest BCUT2D eigenvalue weighted by molar-refractivity contribution is 0.0746. The van der Waals surface area contributed by atoms with Crippen LogP contribution in [0.5, 0.6) is 0 Å². The van der Waals surface area contributed by atoms with Crippen LogP contribution in [0.3, 0.4) is 0 Å². The van der Waals surface area contributed by atoms with Crippen molar-refractivity contribution in [2.75, 3.05) is 18.5 Å². The number of nitrogens with zero attached hydrogens (tertiary/aromatic N) is 4. The van der Waals surface area contributed by atoms with Gasteiger partial charge >= 0.3 is 0 Å². The molecular formula is C21H22N4O. The maximum absolute atomic E-state index is 12.9. The minimum atomic E-state index is -0.0959. The van der Waals surface area contributed by atoms with Crippen molar-refractivity contribution >= 4 is 17.4 Å². The van der Waals surface area contributed by atoms with Crippen LogP contribution in [0.15, 0.2) is 73.1 Å². The average Bonchev–Trinajstić information content (AvgIpc) is 2.72. The molecule has 5 nitrogen and oxygen atoms in total. The molecular weight excluding hydrogens is 324 g/mol. The normalized spacial score (nSPS) is 10.4. The molecule has 0 saturated heterocycles. The number of para-hydroxylation sites is 1. The minimum absolute atomic E-state index is 0.0959. The molecule has 26 heavy (non-hydrogen) atoms. The molecule has 0 radical (unpaired) electrons. The van der Waals surface area contributed by atoms with Gasteiger partial charge in [0.2, 0.25) is 0 Å². The molecule has 0 spiro atoms. The standard InChI is InChI=1S/C21H22N4O/c1-3-25(15-17-10-6-4-7-11-17)21(26)19-14-20(23-16-22-19)24(2)18-12-8-5-9-13-18/h4-14,16H,3,15H2,1-2H3. The fraction of sp³-hybridized carbons (Fsp3) is 0.190. The molecule has 3 aromatic rings. The molecule has 5 heteroatoms. The first-order valence-electron chi connectivity index (χ1n) is 8.63. The Morgan fingerprint density at radius 2 is 1.62 bits per heavy atom. The van der Waals surface area contributed by atoms with Gasteiger partial charge in [0.25, 0.3) is 5.91 Å². The summed E-state index contributed by atoms with van der Waals surface area (Å²) in [6, 6.07) is 21.6. The number of hydrogen-bond donors (Lipinski definition) is 0. The highest BCUT2D eigenvalue weighted by atomic mass is 16.2. The molecule has 0 fully saturated rings. The number of carbonyl (C=O) groups is 1. The SMILES string of the molecule is CCN(Cc1ccccc1)C(=O)c1cc(N(C)c2ccccc2)ncn1. The van der Waals surface area contributed by atoms with Gasteiger partial charge in [0.05, 0.1) is 0 Å². The van der Waals surface area contributed by atoms with Crippen molar-refractivity contribution in [3.8, 4) is 0 Å². The van der Waals surface area contributed by atoms with E-state index in [1.807, 2.05) is 79.5 Å². The highest BCUT2D eigenvalue weighted by molar-refractivity contribution is 5.93. The lowest BCUT2D eigenvalue weighted by Crippen LogP contribution is -2.31. The Balaban J connectivity index is 1.81. The summed E-state index contributed by atoms with van der Waals surface area (Å²) in [7, 11) is 1.92. The third-order valence-electron chi connectivity index (χ3n) is 4.24. The molecule has 3 rings (SSSR count). The van der Waals surface area contributed by atoms with Gasteiger partial charge < -0.3 is 9.80 Å². The van der Waals surface area contributed by atoms with E-state index >= 15 is 0 Å². The van der Waals surface area contributed by atoms with E-state index in [1.165, 1.54) is 6.33 Å². The van der Waals surface area contributed by atoms with Crippen molar-refractivity contribution in [3.05, 3.63) is 84.3 Å². The van der Waals surface area contributed by atoms with Crippen molar-refractivity contribution in [2.45, 2.75) is 13.5 Å². The summed E-state index contributed by atoms with van der Waals surface area (Å²) in [6.45, 7) is 3.14. The first kappa shape index (κ1) is 17.6. The van der Waals surface area contributed by atoms with Crippen LogP contribution >= 0.6 is 0 Å². The van der Waals surface area contributed by atoms with Crippen LogP contribution < -0.4 is 4.90 Å². The maximum atomic E-state index is 12.9. The molecule has 1 aromatic heterocycles. The van der Waals surface area contributed by atoms with Crippen LogP contribution in [0, 0.1) is 0 Å². The molecule has 0 N–H and O–H groups in total. The zero-order valence-corrected chi connectivity index (χ0v) is 15.0. The van der Waals surface area contributed by atoms with Crippen molar-refractivity contribution in [2.24, 2.45) is 0 Å². The molecule has 0 bridgehead atoms. The Morgan fingerprint density at radius 3 is 2.27 bits per heavy atom. The Morgan fingerprint density at radius 1 is 0.962 bits per heavy atom. The van der Waals surface area contributed by atoms with Crippen LogP contribution in [0.1, 0.15) is 23.0 Å². The number of benzene rings is 2. The van der Waals surface area contributed by atoms with Crippen LogP contribution in [0.25, 0.3) is 0 Å². The van der Waals surface area contributed by atoms with Gasteiger partial charge in [-0.15, -0.1) is 0 Å². The van der Waals surface area contributed by atoms with E-state index in [9.17, 15) is 4.79 Å². The van der Waals surface area contributed by atoms with Gasteiger partial charge in [0.1, 0.15) is 17.8 Å². The number of hydrogen-bond acceptors (Lipinski definition) is 4. The highest BCUT2D eigenvalue weighted by Gasteiger charge is 2.17. The molecule has 132 valence electrons. The van der Waals surface area contributed by atoms with E-state index in [0.717, 1.165) is 11.3 Å². The van der Waals surface area contributed by atoms with Gasteiger partial charge in [-0.1, -0.05) is 48.5 Å². The van der Waals surface area contributed by atoms with Crippen LogP contribution in [-0.2, 0) is 6.54 Å². The Bertz CT molecular complexity index is 852. The molecule has 0 aliphatic heterocycles. The van der Waals surface area contributed by atoms with E-state index < -0.39 is 0 Å². The number of anilines is 2. The van der Waals surface area contributed by atoms with Crippen molar-refractivity contribution in [1.82, 2.24) is 14.9 Å². The molecule has 2 aromatic carbocycles. The maximum Gasteiger partial charge on any atom is 0.272 e. The van der Waals surface area contributed by atoms with Gasteiger partial charge in [0.15, 0.2) is 0 Å². The summed E-state index contributed by atoms with van der Waals surface area (Å²) in [5, 5.41) is 0. The lowest BCUT2D eigenvalue weighted by Gasteiger charge is -2.22. The molecule has 0 aliphatic rings. The summed E-state index contributed by atoms with van der Waals surface area (Å²) in [5.41, 5.74) is 2.50. The first-order valence-corrected chi connectivity index (χ1v) is 8.63. The van der Waals surface area contributed by atoms with Gasteiger partial charge in [-0.2, -0.15) is 0 Å². The van der Waals surface area contributed by atoms with Crippen LogP contribution in [0.2, 0.25) is 0 Å². The van der Waals surface area contributed by atoms with E-state index in [0.29, 0.717) is 24.6 Å². The lowest BCUT2D eigenvalue weighted by atomic mass is 10.2. The predicted octanol–water partition coefficient (Wildman–Crippen LogP) is 3.91. The molecule has 1 amide bonds. The summed E-state index contributed by atoms with van der Waals surface area (Å²) in [5.74, 6) is 0.590. The van der Waals surface area contributed by atoms with E-state index in [4.69, 9.17) is 0 Å². The minimum Gasteiger partial charge on any atom is -0.333 e. The van der Waals surface area contributed by atoms with Gasteiger partial charge in [-0.05, 0) is 24.6 Å². The third kappa shape index (κ3) is 4.06. The van der Waals surface area contributed by atoms with E-state index in [2.05, 4.69) is 9.97 Å². The second-order valence-corrected chi connectivity index (χ2v) is 5.96. The van der Waals surface area contributed by atoms with Crippen molar-refractivity contribution < 1.29 is 4.79 Å².